The van der Waals surface area contributed by atoms with Crippen molar-refractivity contribution in [2.45, 2.75) is 18.4 Å². The van der Waals surface area contributed by atoms with Gasteiger partial charge in [0.2, 0.25) is 0 Å². The Morgan fingerprint density at radius 1 is 1.25 bits per heavy atom. The van der Waals surface area contributed by atoms with Gasteiger partial charge in [0.1, 0.15) is 5.54 Å². The summed E-state index contributed by atoms with van der Waals surface area (Å²) >= 11 is 2.86. The summed E-state index contributed by atoms with van der Waals surface area (Å²) in [4.78, 5) is 34.8. The fourth-order valence-corrected chi connectivity index (χ4v) is 4.78. The maximum Gasteiger partial charge on any atom is 0.329 e. The highest BCUT2D eigenvalue weighted by atomic mass is 32.2. The molecule has 0 bridgehead atoms. The van der Waals surface area contributed by atoms with Crippen LogP contribution in [0.2, 0.25) is 0 Å². The number of benzene rings is 1. The van der Waals surface area contributed by atoms with Crippen LogP contribution in [0.25, 0.3) is 10.1 Å². The molecule has 1 saturated heterocycles. The zero-order valence-corrected chi connectivity index (χ0v) is 14.1. The monoisotopic (exact) mass is 366 g/mol. The predicted octanol–water partition coefficient (Wildman–Crippen LogP) is 2.89. The Bertz CT molecular complexity index is 826. The number of hydrogen-bond acceptors (Lipinski definition) is 6. The summed E-state index contributed by atoms with van der Waals surface area (Å²) in [7, 11) is 0. The molecule has 1 aromatic carbocycles. The van der Waals surface area contributed by atoms with Crippen LogP contribution in [-0.2, 0) is 4.79 Å². The van der Waals surface area contributed by atoms with E-state index in [1.165, 1.54) is 23.5 Å². The molecule has 0 spiro atoms. The predicted molar refractivity (Wildman–Crippen MR) is 92.9 cm³/mol. The highest BCUT2D eigenvalue weighted by Gasteiger charge is 2.41. The molecule has 9 heteroatoms. The van der Waals surface area contributed by atoms with Gasteiger partial charge in [0.25, 0.3) is 11.6 Å². The molecule has 1 aliphatic heterocycles. The number of thiophene rings is 1. The van der Waals surface area contributed by atoms with Crippen LogP contribution in [0.4, 0.5) is 5.69 Å². The van der Waals surface area contributed by atoms with E-state index in [4.69, 9.17) is 0 Å². The molecular weight excluding hydrogens is 352 g/mol. The molecule has 0 saturated carbocycles. The molecule has 0 aliphatic carbocycles. The van der Waals surface area contributed by atoms with E-state index in [1.807, 2.05) is 0 Å². The van der Waals surface area contributed by atoms with Crippen LogP contribution in [0.3, 0.4) is 0 Å². The van der Waals surface area contributed by atoms with Crippen LogP contribution in [0.5, 0.6) is 0 Å². The van der Waals surface area contributed by atoms with Crippen LogP contribution in [-0.4, -0.2) is 39.0 Å². The molecule has 2 heterocycles. The Labute approximate surface area is 145 Å². The van der Waals surface area contributed by atoms with Crippen molar-refractivity contribution >= 4 is 50.7 Å². The number of carbonyl (C=O) groups excluding carboxylic acids is 1. The van der Waals surface area contributed by atoms with E-state index in [1.54, 1.807) is 23.9 Å². The number of nitro groups is 1. The minimum absolute atomic E-state index is 0.0430. The maximum absolute atomic E-state index is 12.5. The van der Waals surface area contributed by atoms with Crippen LogP contribution in [0.1, 0.15) is 22.5 Å². The van der Waals surface area contributed by atoms with Crippen molar-refractivity contribution in [1.82, 2.24) is 5.32 Å². The number of rotatable bonds is 4. The first-order valence-electron chi connectivity index (χ1n) is 7.23. The normalized spacial score (nSPS) is 16.7. The smallest absolute Gasteiger partial charge is 0.329 e. The lowest BCUT2D eigenvalue weighted by Crippen LogP contribution is -2.56. The Hall–Kier alpha value is -2.13. The lowest BCUT2D eigenvalue weighted by Gasteiger charge is -2.33. The van der Waals surface area contributed by atoms with Crippen LogP contribution in [0, 0.1) is 10.1 Å². The number of carboxylic acids is 1. The average molecular weight is 366 g/mol. The zero-order valence-electron chi connectivity index (χ0n) is 12.5. The van der Waals surface area contributed by atoms with E-state index in [0.29, 0.717) is 34.6 Å². The number of hydrogen-bond donors (Lipinski definition) is 2. The summed E-state index contributed by atoms with van der Waals surface area (Å²) in [6.07, 6.45) is 0.768. The van der Waals surface area contributed by atoms with E-state index >= 15 is 0 Å². The molecule has 0 atom stereocenters. The molecule has 3 rings (SSSR count). The quantitative estimate of drug-likeness (QED) is 0.636. The summed E-state index contributed by atoms with van der Waals surface area (Å²) in [6, 6.07) is 5.96. The Balaban J connectivity index is 1.87. The molecule has 1 amide bonds. The Morgan fingerprint density at radius 2 is 1.96 bits per heavy atom. The molecule has 2 aromatic rings. The SMILES string of the molecule is O=C(NC1(C(=O)O)CCSCC1)c1cc2cc([N+](=O)[O-])ccc2s1. The molecule has 24 heavy (non-hydrogen) atoms. The lowest BCUT2D eigenvalue weighted by atomic mass is 9.92. The number of non-ortho nitro benzene ring substituents is 1. The van der Waals surface area contributed by atoms with Gasteiger partial charge in [-0.1, -0.05) is 0 Å². The number of aliphatic carboxylic acids is 1. The van der Waals surface area contributed by atoms with Crippen molar-refractivity contribution in [3.8, 4) is 0 Å². The van der Waals surface area contributed by atoms with Gasteiger partial charge in [-0.15, -0.1) is 11.3 Å². The van der Waals surface area contributed by atoms with Crippen molar-refractivity contribution < 1.29 is 19.6 Å². The zero-order chi connectivity index (χ0) is 17.3. The highest BCUT2D eigenvalue weighted by Crippen LogP contribution is 2.31. The van der Waals surface area contributed by atoms with E-state index in [0.717, 1.165) is 4.70 Å². The average Bonchev–Trinajstić information content (AvgIpc) is 2.98. The third-order valence-electron chi connectivity index (χ3n) is 4.04. The van der Waals surface area contributed by atoms with Crippen LogP contribution < -0.4 is 5.32 Å². The van der Waals surface area contributed by atoms with Crippen LogP contribution >= 0.6 is 23.1 Å². The fourth-order valence-electron chi connectivity index (χ4n) is 2.65. The Kier molecular flexibility index (Phi) is 4.46. The van der Waals surface area contributed by atoms with Crippen molar-refractivity contribution in [2.75, 3.05) is 11.5 Å². The summed E-state index contributed by atoms with van der Waals surface area (Å²) < 4.78 is 0.745. The van der Waals surface area contributed by atoms with Crippen molar-refractivity contribution in [1.29, 1.82) is 0 Å². The molecule has 2 N–H and O–H groups in total. The number of carbonyl (C=O) groups is 2. The number of nitrogens with one attached hydrogen (secondary N) is 1. The first-order valence-corrected chi connectivity index (χ1v) is 9.20. The van der Waals surface area contributed by atoms with E-state index in [2.05, 4.69) is 5.32 Å². The topological polar surface area (TPSA) is 110 Å². The van der Waals surface area contributed by atoms with Crippen LogP contribution in [0.15, 0.2) is 24.3 Å². The number of amides is 1. The largest absolute Gasteiger partial charge is 0.480 e. The summed E-state index contributed by atoms with van der Waals surface area (Å²) in [5, 5.41) is 23.6. The number of nitro benzene ring substituents is 1. The second-order valence-corrected chi connectivity index (χ2v) is 7.85. The van der Waals surface area contributed by atoms with Gasteiger partial charge >= 0.3 is 5.97 Å². The molecule has 126 valence electrons. The molecule has 0 unspecified atom stereocenters. The maximum atomic E-state index is 12.5. The third kappa shape index (κ3) is 3.09. The standard InChI is InChI=1S/C15H14N2O5S2/c18-13(16-15(14(19)20)3-5-23-6-4-15)12-8-9-7-10(17(21)22)1-2-11(9)24-12/h1-2,7-8H,3-6H2,(H,16,18)(H,19,20). The molecule has 0 radical (unpaired) electrons. The van der Waals surface area contributed by atoms with Gasteiger partial charge in [0, 0.05) is 22.2 Å². The summed E-state index contributed by atoms with van der Waals surface area (Å²) in [5.74, 6) is -0.0998. The Morgan fingerprint density at radius 3 is 2.58 bits per heavy atom. The summed E-state index contributed by atoms with van der Waals surface area (Å²) in [6.45, 7) is 0. The minimum Gasteiger partial charge on any atom is -0.480 e. The summed E-state index contributed by atoms with van der Waals surface area (Å²) in [5.41, 5.74) is -1.27. The molecule has 7 nitrogen and oxygen atoms in total. The minimum atomic E-state index is -1.23. The van der Waals surface area contributed by atoms with Gasteiger partial charge < -0.3 is 10.4 Å². The van der Waals surface area contributed by atoms with Gasteiger partial charge in [0.15, 0.2) is 0 Å². The molecular formula is C15H14N2O5S2. The third-order valence-corrected chi connectivity index (χ3v) is 6.14. The number of nitrogens with zero attached hydrogens (tertiary/aromatic N) is 1. The number of fused-ring (bicyclic) bond motifs is 1. The highest BCUT2D eigenvalue weighted by molar-refractivity contribution is 7.99. The van der Waals surface area contributed by atoms with Crippen molar-refractivity contribution in [3.05, 3.63) is 39.3 Å². The first-order chi connectivity index (χ1) is 11.4. The second-order valence-electron chi connectivity index (χ2n) is 5.54. The molecule has 1 aromatic heterocycles. The first kappa shape index (κ1) is 16.7. The van der Waals surface area contributed by atoms with Gasteiger partial charge in [-0.2, -0.15) is 11.8 Å². The molecule has 1 fully saturated rings. The van der Waals surface area contributed by atoms with Crippen molar-refractivity contribution in [3.63, 3.8) is 0 Å². The van der Waals surface area contributed by atoms with E-state index in [-0.39, 0.29) is 5.69 Å². The fraction of sp³-hybridized carbons (Fsp3) is 0.333. The lowest BCUT2D eigenvalue weighted by molar-refractivity contribution is -0.384. The van der Waals surface area contributed by atoms with E-state index in [9.17, 15) is 24.8 Å². The van der Waals surface area contributed by atoms with Gasteiger partial charge in [-0.25, -0.2) is 4.79 Å². The van der Waals surface area contributed by atoms with Gasteiger partial charge in [-0.3, -0.25) is 14.9 Å². The van der Waals surface area contributed by atoms with Gasteiger partial charge in [-0.05, 0) is 36.5 Å². The number of carboxylic acid groups (broad SMARTS) is 1. The number of thioether (sulfide) groups is 1. The van der Waals surface area contributed by atoms with Gasteiger partial charge in [0.05, 0.1) is 9.80 Å². The second kappa shape index (κ2) is 6.40. The van der Waals surface area contributed by atoms with E-state index < -0.39 is 22.3 Å². The molecule has 1 aliphatic rings. The van der Waals surface area contributed by atoms with Crippen molar-refractivity contribution in [2.24, 2.45) is 0 Å².